The first-order valence-electron chi connectivity index (χ1n) is 7.94. The second-order valence-electron chi connectivity index (χ2n) is 6.02. The van der Waals surface area contributed by atoms with Crippen LogP contribution in [0.15, 0.2) is 33.5 Å². The van der Waals surface area contributed by atoms with Gasteiger partial charge in [0, 0.05) is 22.5 Å². The second-order valence-corrected chi connectivity index (χ2v) is 7.82. The first kappa shape index (κ1) is 17.3. The lowest BCUT2D eigenvalue weighted by Crippen LogP contribution is -2.21. The molecular weight excluding hydrogens is 416 g/mol. The fourth-order valence-electron chi connectivity index (χ4n) is 2.89. The Hall–Kier alpha value is -2.16. The first-order valence-corrected chi connectivity index (χ1v) is 9.55. The van der Waals surface area contributed by atoms with Crippen molar-refractivity contribution in [3.63, 3.8) is 0 Å². The number of pyridine rings is 1. The van der Waals surface area contributed by atoms with Crippen molar-refractivity contribution in [2.24, 2.45) is 0 Å². The van der Waals surface area contributed by atoms with Crippen LogP contribution in [0.25, 0.3) is 26.1 Å². The Morgan fingerprint density at radius 1 is 1.23 bits per heavy atom. The Kier molecular flexibility index (Phi) is 4.34. The van der Waals surface area contributed by atoms with E-state index in [1.54, 1.807) is 7.11 Å². The van der Waals surface area contributed by atoms with Gasteiger partial charge in [0.15, 0.2) is 0 Å². The molecule has 0 saturated carbocycles. The SMILES string of the molecule is COCc1c(Br)c(C)nc2sc3c(=O)n(-c4ccc(C)cc4)nnc3c12. The Balaban J connectivity index is 2.05. The number of hydrogen-bond acceptors (Lipinski definition) is 6. The van der Waals surface area contributed by atoms with Gasteiger partial charge in [0.2, 0.25) is 0 Å². The predicted molar refractivity (Wildman–Crippen MR) is 106 cm³/mol. The number of nitrogens with zero attached hydrogens (tertiary/aromatic N) is 4. The summed E-state index contributed by atoms with van der Waals surface area (Å²) in [6.45, 7) is 4.31. The molecular formula is C18H15BrN4O2S. The normalized spacial score (nSPS) is 11.5. The zero-order valence-corrected chi connectivity index (χ0v) is 16.8. The van der Waals surface area contributed by atoms with Crippen LogP contribution in [0.4, 0.5) is 0 Å². The molecule has 4 aromatic rings. The monoisotopic (exact) mass is 430 g/mol. The molecule has 0 N–H and O–H groups in total. The highest BCUT2D eigenvalue weighted by atomic mass is 79.9. The third kappa shape index (κ3) is 2.65. The number of ether oxygens (including phenoxy) is 1. The minimum absolute atomic E-state index is 0.195. The molecule has 0 aliphatic heterocycles. The van der Waals surface area contributed by atoms with Crippen molar-refractivity contribution in [2.75, 3.05) is 7.11 Å². The average molecular weight is 431 g/mol. The molecule has 26 heavy (non-hydrogen) atoms. The van der Waals surface area contributed by atoms with Crippen LogP contribution in [0.2, 0.25) is 0 Å². The van der Waals surface area contributed by atoms with Gasteiger partial charge in [-0.3, -0.25) is 4.79 Å². The largest absolute Gasteiger partial charge is 0.380 e. The summed E-state index contributed by atoms with van der Waals surface area (Å²) >= 11 is 4.92. The standard InChI is InChI=1S/C18H15BrN4O2S/c1-9-4-6-11(7-5-9)23-18(24)16-15(21-22-23)13-12(8-25-3)14(19)10(2)20-17(13)26-16/h4-7H,8H2,1-3H3. The molecule has 0 radical (unpaired) electrons. The van der Waals surface area contributed by atoms with Gasteiger partial charge >= 0.3 is 0 Å². The Labute approximate surface area is 161 Å². The molecule has 0 aliphatic carbocycles. The van der Waals surface area contributed by atoms with E-state index in [9.17, 15) is 4.79 Å². The van der Waals surface area contributed by atoms with Crippen molar-refractivity contribution in [1.82, 2.24) is 20.0 Å². The van der Waals surface area contributed by atoms with Crippen molar-refractivity contribution >= 4 is 47.7 Å². The minimum Gasteiger partial charge on any atom is -0.380 e. The van der Waals surface area contributed by atoms with Crippen LogP contribution in [-0.4, -0.2) is 27.1 Å². The second kappa shape index (κ2) is 6.53. The highest BCUT2D eigenvalue weighted by Crippen LogP contribution is 2.36. The van der Waals surface area contributed by atoms with Gasteiger partial charge < -0.3 is 4.74 Å². The van der Waals surface area contributed by atoms with Crippen LogP contribution in [-0.2, 0) is 11.3 Å². The van der Waals surface area contributed by atoms with Crippen molar-refractivity contribution in [3.05, 3.63) is 55.9 Å². The first-order chi connectivity index (χ1) is 12.5. The van der Waals surface area contributed by atoms with Crippen LogP contribution in [0.1, 0.15) is 16.8 Å². The predicted octanol–water partition coefficient (Wildman–Crippen LogP) is 3.92. The number of fused-ring (bicyclic) bond motifs is 3. The van der Waals surface area contributed by atoms with E-state index >= 15 is 0 Å². The Morgan fingerprint density at radius 3 is 2.65 bits per heavy atom. The maximum absolute atomic E-state index is 13.0. The molecule has 132 valence electrons. The number of aromatic nitrogens is 4. The van der Waals surface area contributed by atoms with Crippen LogP contribution in [0, 0.1) is 13.8 Å². The molecule has 0 saturated heterocycles. The van der Waals surface area contributed by atoms with Gasteiger partial charge in [0.1, 0.15) is 15.0 Å². The quantitative estimate of drug-likeness (QED) is 0.492. The molecule has 0 spiro atoms. The fraction of sp³-hybridized carbons (Fsp3) is 0.222. The lowest BCUT2D eigenvalue weighted by atomic mass is 10.1. The van der Waals surface area contributed by atoms with Crippen LogP contribution < -0.4 is 5.56 Å². The molecule has 4 rings (SSSR count). The van der Waals surface area contributed by atoms with Crippen molar-refractivity contribution in [1.29, 1.82) is 0 Å². The van der Waals surface area contributed by atoms with Gasteiger partial charge in [-0.25, -0.2) is 4.98 Å². The van der Waals surface area contributed by atoms with Gasteiger partial charge in [0.25, 0.3) is 5.56 Å². The smallest absolute Gasteiger partial charge is 0.292 e. The van der Waals surface area contributed by atoms with Crippen LogP contribution >= 0.6 is 27.3 Å². The molecule has 0 aliphatic rings. The summed E-state index contributed by atoms with van der Waals surface area (Å²) < 4.78 is 8.08. The van der Waals surface area contributed by atoms with Gasteiger partial charge in [-0.15, -0.1) is 16.4 Å². The highest BCUT2D eigenvalue weighted by Gasteiger charge is 2.20. The number of hydrogen-bond donors (Lipinski definition) is 0. The van der Waals surface area contributed by atoms with Crippen molar-refractivity contribution < 1.29 is 4.74 Å². The van der Waals surface area contributed by atoms with E-state index < -0.39 is 0 Å². The summed E-state index contributed by atoms with van der Waals surface area (Å²) in [5.41, 5.74) is 3.96. The number of rotatable bonds is 3. The highest BCUT2D eigenvalue weighted by molar-refractivity contribution is 9.10. The minimum atomic E-state index is -0.195. The molecule has 0 unspecified atom stereocenters. The Bertz CT molecular complexity index is 1200. The van der Waals surface area contributed by atoms with E-state index in [1.165, 1.54) is 16.0 Å². The molecule has 0 bridgehead atoms. The molecule has 1 aromatic carbocycles. The van der Waals surface area contributed by atoms with E-state index in [1.807, 2.05) is 38.1 Å². The van der Waals surface area contributed by atoms with E-state index in [0.717, 1.165) is 31.5 Å². The lowest BCUT2D eigenvalue weighted by molar-refractivity contribution is 0.185. The summed E-state index contributed by atoms with van der Waals surface area (Å²) in [7, 11) is 1.64. The molecule has 0 amide bonds. The maximum atomic E-state index is 13.0. The molecule has 3 aromatic heterocycles. The summed E-state index contributed by atoms with van der Waals surface area (Å²) in [6.07, 6.45) is 0. The summed E-state index contributed by atoms with van der Waals surface area (Å²) in [5.74, 6) is 0. The zero-order chi connectivity index (χ0) is 18.4. The number of thiophene rings is 1. The van der Waals surface area contributed by atoms with Gasteiger partial charge in [-0.05, 0) is 41.9 Å². The molecule has 8 heteroatoms. The molecule has 0 fully saturated rings. The molecule has 3 heterocycles. The average Bonchev–Trinajstić information content (AvgIpc) is 2.99. The number of halogens is 1. The lowest BCUT2D eigenvalue weighted by Gasteiger charge is -2.08. The fourth-order valence-corrected chi connectivity index (χ4v) is 4.40. The Morgan fingerprint density at radius 2 is 1.96 bits per heavy atom. The van der Waals surface area contributed by atoms with Crippen LogP contribution in [0.5, 0.6) is 0 Å². The van der Waals surface area contributed by atoms with Gasteiger partial charge in [0.05, 0.1) is 18.0 Å². The summed E-state index contributed by atoms with van der Waals surface area (Å²) in [5, 5.41) is 9.33. The van der Waals surface area contributed by atoms with E-state index in [2.05, 4.69) is 31.2 Å². The summed E-state index contributed by atoms with van der Waals surface area (Å²) in [4.78, 5) is 18.4. The summed E-state index contributed by atoms with van der Waals surface area (Å²) in [6, 6.07) is 7.61. The van der Waals surface area contributed by atoms with Gasteiger partial charge in [-0.2, -0.15) is 4.68 Å². The number of methoxy groups -OCH3 is 1. The molecule has 6 nitrogen and oxygen atoms in total. The third-order valence-corrected chi connectivity index (χ3v) is 6.32. The number of benzene rings is 1. The van der Waals surface area contributed by atoms with E-state index in [4.69, 9.17) is 4.74 Å². The van der Waals surface area contributed by atoms with Crippen molar-refractivity contribution in [3.8, 4) is 5.69 Å². The zero-order valence-electron chi connectivity index (χ0n) is 14.4. The van der Waals surface area contributed by atoms with E-state index in [-0.39, 0.29) is 5.56 Å². The topological polar surface area (TPSA) is 69.9 Å². The van der Waals surface area contributed by atoms with Gasteiger partial charge in [-0.1, -0.05) is 22.9 Å². The van der Waals surface area contributed by atoms with E-state index in [0.29, 0.717) is 22.5 Å². The van der Waals surface area contributed by atoms with Crippen LogP contribution in [0.3, 0.4) is 0 Å². The van der Waals surface area contributed by atoms with Crippen molar-refractivity contribution in [2.45, 2.75) is 20.5 Å². The maximum Gasteiger partial charge on any atom is 0.292 e. The number of aryl methyl sites for hydroxylation is 2. The third-order valence-electron chi connectivity index (χ3n) is 4.21. The molecule has 0 atom stereocenters.